The number of aryl methyl sites for hydroxylation is 1. The van der Waals surface area contributed by atoms with Crippen LogP contribution in [0.3, 0.4) is 0 Å². The van der Waals surface area contributed by atoms with Crippen molar-refractivity contribution in [2.75, 3.05) is 5.32 Å². The van der Waals surface area contributed by atoms with Crippen molar-refractivity contribution in [3.63, 3.8) is 0 Å². The van der Waals surface area contributed by atoms with Crippen LogP contribution in [-0.2, 0) is 21.7 Å². The number of alkyl carbamates (subject to hydrolysis) is 1. The second kappa shape index (κ2) is 11.7. The van der Waals surface area contributed by atoms with Gasteiger partial charge in [0, 0.05) is 22.8 Å². The molecule has 0 bridgehead atoms. The van der Waals surface area contributed by atoms with Gasteiger partial charge in [-0.3, -0.25) is 4.79 Å². The Labute approximate surface area is 206 Å². The highest BCUT2D eigenvalue weighted by molar-refractivity contribution is 7.98. The Morgan fingerprint density at radius 3 is 2.12 bits per heavy atom. The fourth-order valence-electron chi connectivity index (χ4n) is 3.34. The van der Waals surface area contributed by atoms with Crippen LogP contribution in [0.5, 0.6) is 0 Å². The maximum absolute atomic E-state index is 13.2. The smallest absolute Gasteiger partial charge is 0.408 e. The zero-order valence-corrected chi connectivity index (χ0v) is 20.9. The molecule has 3 aromatic carbocycles. The molecule has 0 aliphatic carbocycles. The Morgan fingerprint density at radius 2 is 1.53 bits per heavy atom. The topological polar surface area (TPSA) is 67.4 Å². The van der Waals surface area contributed by atoms with Crippen LogP contribution in [0, 0.1) is 6.92 Å². The molecular formula is C28H32N2O3S. The third-order valence-electron chi connectivity index (χ3n) is 4.99. The number of anilines is 1. The van der Waals surface area contributed by atoms with Crippen molar-refractivity contribution in [3.05, 3.63) is 95.6 Å². The van der Waals surface area contributed by atoms with Gasteiger partial charge in [0.15, 0.2) is 0 Å². The predicted octanol–water partition coefficient (Wildman–Crippen LogP) is 6.36. The summed E-state index contributed by atoms with van der Waals surface area (Å²) in [5.41, 5.74) is 3.24. The third-order valence-corrected chi connectivity index (χ3v) is 6.06. The molecule has 0 spiro atoms. The Bertz CT molecular complexity index is 1100. The third kappa shape index (κ3) is 8.27. The normalized spacial score (nSPS) is 12.0. The van der Waals surface area contributed by atoms with Gasteiger partial charge in [0.05, 0.1) is 0 Å². The molecule has 3 rings (SSSR count). The van der Waals surface area contributed by atoms with E-state index < -0.39 is 17.7 Å². The number of nitrogens with one attached hydrogen (secondary N) is 2. The molecule has 0 aromatic heterocycles. The van der Waals surface area contributed by atoms with E-state index in [0.717, 1.165) is 27.5 Å². The summed E-state index contributed by atoms with van der Waals surface area (Å²) in [5, 5.41) is 5.72. The van der Waals surface area contributed by atoms with Crippen LogP contribution >= 0.6 is 11.8 Å². The number of carbonyl (C=O) groups excluding carboxylic acids is 2. The fraction of sp³-hybridized carbons (Fsp3) is 0.286. The summed E-state index contributed by atoms with van der Waals surface area (Å²) in [7, 11) is 0. The predicted molar refractivity (Wildman–Crippen MR) is 139 cm³/mol. The lowest BCUT2D eigenvalue weighted by molar-refractivity contribution is -0.118. The maximum Gasteiger partial charge on any atom is 0.408 e. The number of amides is 2. The van der Waals surface area contributed by atoms with Crippen molar-refractivity contribution >= 4 is 29.4 Å². The highest BCUT2D eigenvalue weighted by atomic mass is 32.2. The molecule has 0 saturated heterocycles. The van der Waals surface area contributed by atoms with E-state index in [4.69, 9.17) is 4.74 Å². The Morgan fingerprint density at radius 1 is 0.912 bits per heavy atom. The second-order valence-corrected chi connectivity index (χ2v) is 10.2. The lowest BCUT2D eigenvalue weighted by Gasteiger charge is -2.23. The van der Waals surface area contributed by atoms with Gasteiger partial charge in [0.1, 0.15) is 11.6 Å². The van der Waals surface area contributed by atoms with Gasteiger partial charge < -0.3 is 15.4 Å². The van der Waals surface area contributed by atoms with E-state index in [2.05, 4.69) is 28.8 Å². The van der Waals surface area contributed by atoms with E-state index in [9.17, 15) is 9.59 Å². The SMILES string of the molecule is Cc1cc(SCc2ccccc2)ccc1NC(=O)[C@H](Cc1ccccc1)NC(=O)OC(C)(C)C. The van der Waals surface area contributed by atoms with Crippen LogP contribution in [0.25, 0.3) is 0 Å². The van der Waals surface area contributed by atoms with Crippen LogP contribution in [-0.4, -0.2) is 23.6 Å². The molecule has 1 atom stereocenters. The van der Waals surface area contributed by atoms with Crippen LogP contribution in [0.1, 0.15) is 37.5 Å². The van der Waals surface area contributed by atoms with Crippen molar-refractivity contribution < 1.29 is 14.3 Å². The molecule has 6 heteroatoms. The van der Waals surface area contributed by atoms with Crippen molar-refractivity contribution in [2.24, 2.45) is 0 Å². The number of benzene rings is 3. The highest BCUT2D eigenvalue weighted by Gasteiger charge is 2.25. The molecular weight excluding hydrogens is 444 g/mol. The van der Waals surface area contributed by atoms with Crippen LogP contribution < -0.4 is 10.6 Å². The summed E-state index contributed by atoms with van der Waals surface area (Å²) in [6, 6.07) is 25.1. The second-order valence-electron chi connectivity index (χ2n) is 9.13. The van der Waals surface area contributed by atoms with Crippen molar-refractivity contribution in [1.29, 1.82) is 0 Å². The van der Waals surface area contributed by atoms with Gasteiger partial charge in [-0.2, -0.15) is 0 Å². The van der Waals surface area contributed by atoms with Crippen molar-refractivity contribution in [2.45, 2.75) is 56.4 Å². The molecule has 0 radical (unpaired) electrons. The number of hydrogen-bond donors (Lipinski definition) is 2. The lowest BCUT2D eigenvalue weighted by atomic mass is 10.0. The average Bonchev–Trinajstić information content (AvgIpc) is 2.79. The molecule has 5 nitrogen and oxygen atoms in total. The zero-order chi connectivity index (χ0) is 24.6. The Balaban J connectivity index is 1.68. The standard InChI is InChI=1S/C28H32N2O3S/c1-20-17-23(34-19-22-13-9-6-10-14-22)15-16-24(20)29-26(31)25(18-21-11-7-5-8-12-21)30-27(32)33-28(2,3)4/h5-17,25H,18-19H2,1-4H3,(H,29,31)(H,30,32)/t25-/m0/s1. The zero-order valence-electron chi connectivity index (χ0n) is 20.1. The average molecular weight is 477 g/mol. The number of rotatable bonds is 8. The molecule has 0 heterocycles. The fourth-order valence-corrected chi connectivity index (χ4v) is 4.29. The minimum absolute atomic E-state index is 0.289. The van der Waals surface area contributed by atoms with Gasteiger partial charge in [0.25, 0.3) is 0 Å². The maximum atomic E-state index is 13.2. The minimum atomic E-state index is -0.774. The molecule has 0 aliphatic heterocycles. The molecule has 2 amide bonds. The van der Waals surface area contributed by atoms with Gasteiger partial charge in [-0.1, -0.05) is 60.7 Å². The Kier molecular flexibility index (Phi) is 8.77. The van der Waals surface area contributed by atoms with Gasteiger partial charge >= 0.3 is 6.09 Å². The molecule has 3 aromatic rings. The van der Waals surface area contributed by atoms with Gasteiger partial charge in [-0.15, -0.1) is 11.8 Å². The van der Waals surface area contributed by atoms with Gasteiger partial charge in [-0.05, 0) is 62.6 Å². The van der Waals surface area contributed by atoms with E-state index in [1.807, 2.05) is 67.6 Å². The van der Waals surface area contributed by atoms with Gasteiger partial charge in [0.2, 0.25) is 5.91 Å². The summed E-state index contributed by atoms with van der Waals surface area (Å²) in [6.07, 6.45) is -0.261. The van der Waals surface area contributed by atoms with Crippen molar-refractivity contribution in [1.82, 2.24) is 5.32 Å². The highest BCUT2D eigenvalue weighted by Crippen LogP contribution is 2.27. The molecule has 0 saturated carbocycles. The summed E-state index contributed by atoms with van der Waals surface area (Å²) in [5.74, 6) is 0.591. The number of hydrogen-bond acceptors (Lipinski definition) is 4. The van der Waals surface area contributed by atoms with Crippen LogP contribution in [0.2, 0.25) is 0 Å². The summed E-state index contributed by atoms with van der Waals surface area (Å²) in [6.45, 7) is 7.34. The first kappa shape index (κ1) is 25.4. The van der Waals surface area contributed by atoms with E-state index in [1.165, 1.54) is 5.56 Å². The summed E-state index contributed by atoms with van der Waals surface area (Å²) in [4.78, 5) is 26.7. The summed E-state index contributed by atoms with van der Waals surface area (Å²) < 4.78 is 5.38. The van der Waals surface area contributed by atoms with E-state index in [0.29, 0.717) is 6.42 Å². The number of thioether (sulfide) groups is 1. The van der Waals surface area contributed by atoms with E-state index in [1.54, 1.807) is 32.5 Å². The summed E-state index contributed by atoms with van der Waals surface area (Å²) >= 11 is 1.75. The molecule has 178 valence electrons. The molecule has 0 fully saturated rings. The number of carbonyl (C=O) groups is 2. The van der Waals surface area contributed by atoms with Crippen molar-refractivity contribution in [3.8, 4) is 0 Å². The minimum Gasteiger partial charge on any atom is -0.444 e. The van der Waals surface area contributed by atoms with E-state index >= 15 is 0 Å². The molecule has 2 N–H and O–H groups in total. The van der Waals surface area contributed by atoms with Gasteiger partial charge in [-0.25, -0.2) is 4.79 Å². The molecule has 0 aliphatic rings. The quantitative estimate of drug-likeness (QED) is 0.371. The molecule has 34 heavy (non-hydrogen) atoms. The largest absolute Gasteiger partial charge is 0.444 e. The first-order chi connectivity index (χ1) is 16.2. The molecule has 0 unspecified atom stereocenters. The number of ether oxygens (including phenoxy) is 1. The van der Waals surface area contributed by atoms with Crippen LogP contribution in [0.15, 0.2) is 83.8 Å². The van der Waals surface area contributed by atoms with Crippen LogP contribution in [0.4, 0.5) is 10.5 Å². The Hall–Kier alpha value is -3.25. The first-order valence-electron chi connectivity index (χ1n) is 11.3. The lowest BCUT2D eigenvalue weighted by Crippen LogP contribution is -2.47. The van der Waals surface area contributed by atoms with E-state index in [-0.39, 0.29) is 5.91 Å². The first-order valence-corrected chi connectivity index (χ1v) is 12.3. The monoisotopic (exact) mass is 476 g/mol.